The summed E-state index contributed by atoms with van der Waals surface area (Å²) in [6.07, 6.45) is 2.14. The van der Waals surface area contributed by atoms with Crippen LogP contribution < -0.4 is 19.7 Å². The lowest BCUT2D eigenvalue weighted by Gasteiger charge is -2.25. The fourth-order valence-corrected chi connectivity index (χ4v) is 5.04. The highest BCUT2D eigenvalue weighted by molar-refractivity contribution is 6.12. The number of amides is 1. The van der Waals surface area contributed by atoms with E-state index in [-0.39, 0.29) is 17.6 Å². The summed E-state index contributed by atoms with van der Waals surface area (Å²) in [5.41, 5.74) is 3.21. The van der Waals surface area contributed by atoms with Gasteiger partial charge in [-0.25, -0.2) is 4.79 Å². The van der Waals surface area contributed by atoms with E-state index in [1.165, 1.54) is 7.11 Å². The number of ether oxygens (including phenoxy) is 3. The molecule has 1 amide bonds. The number of methoxy groups -OCH3 is 2. The number of nitrogens with one attached hydrogen (secondary N) is 1. The van der Waals surface area contributed by atoms with Crippen molar-refractivity contribution < 1.29 is 28.6 Å². The van der Waals surface area contributed by atoms with Crippen LogP contribution in [-0.4, -0.2) is 51.1 Å². The van der Waals surface area contributed by atoms with Crippen molar-refractivity contribution in [1.82, 2.24) is 0 Å². The fraction of sp³-hybridized carbons (Fsp3) is 0.250. The predicted molar refractivity (Wildman–Crippen MR) is 169 cm³/mol. The molecule has 1 saturated carbocycles. The largest absolute Gasteiger partial charge is 0.495 e. The van der Waals surface area contributed by atoms with Crippen LogP contribution >= 0.6 is 0 Å². The highest BCUT2D eigenvalue weighted by atomic mass is 16.5. The van der Waals surface area contributed by atoms with Crippen LogP contribution in [0.25, 0.3) is 0 Å². The van der Waals surface area contributed by atoms with Gasteiger partial charge in [-0.15, -0.1) is 0 Å². The van der Waals surface area contributed by atoms with Gasteiger partial charge >= 0.3 is 5.97 Å². The van der Waals surface area contributed by atoms with Gasteiger partial charge in [-0.1, -0.05) is 66.7 Å². The highest BCUT2D eigenvalue weighted by Gasteiger charge is 2.35. The normalized spacial score (nSPS) is 13.0. The van der Waals surface area contributed by atoms with E-state index in [2.05, 4.69) is 5.32 Å². The van der Waals surface area contributed by atoms with Gasteiger partial charge < -0.3 is 24.4 Å². The molecule has 0 saturated heterocycles. The minimum atomic E-state index is -0.723. The molecule has 0 spiro atoms. The molecule has 8 heteroatoms. The minimum absolute atomic E-state index is 0.0546. The van der Waals surface area contributed by atoms with E-state index in [4.69, 9.17) is 14.2 Å². The molecule has 226 valence electrons. The van der Waals surface area contributed by atoms with Crippen molar-refractivity contribution >= 4 is 29.0 Å². The zero-order valence-electron chi connectivity index (χ0n) is 24.9. The molecular weight excluding hydrogens is 556 g/mol. The molecule has 0 aromatic heterocycles. The van der Waals surface area contributed by atoms with Crippen LogP contribution in [0, 0.1) is 5.92 Å². The topological polar surface area (TPSA) is 94.2 Å². The van der Waals surface area contributed by atoms with E-state index in [1.54, 1.807) is 42.3 Å². The molecule has 44 heavy (non-hydrogen) atoms. The van der Waals surface area contributed by atoms with Crippen LogP contribution in [0.4, 0.5) is 11.4 Å². The van der Waals surface area contributed by atoms with Crippen molar-refractivity contribution in [2.45, 2.75) is 25.3 Å². The van der Waals surface area contributed by atoms with E-state index in [9.17, 15) is 14.4 Å². The van der Waals surface area contributed by atoms with Gasteiger partial charge in [0.2, 0.25) is 5.91 Å². The van der Waals surface area contributed by atoms with Crippen molar-refractivity contribution in [2.24, 2.45) is 5.92 Å². The molecule has 1 aliphatic rings. The maximum absolute atomic E-state index is 13.2. The molecule has 1 fully saturated rings. The number of esters is 1. The van der Waals surface area contributed by atoms with Gasteiger partial charge in [0, 0.05) is 29.2 Å². The van der Waals surface area contributed by atoms with E-state index in [0.717, 1.165) is 24.1 Å². The Morgan fingerprint density at radius 3 is 2.23 bits per heavy atom. The lowest BCUT2D eigenvalue weighted by atomic mass is 10.00. The number of hydrogen-bond acceptors (Lipinski definition) is 7. The Labute approximate surface area is 257 Å². The molecule has 1 aliphatic carbocycles. The third-order valence-corrected chi connectivity index (χ3v) is 7.54. The summed E-state index contributed by atoms with van der Waals surface area (Å²) in [6.45, 7) is 0.682. The second kappa shape index (κ2) is 14.4. The zero-order chi connectivity index (χ0) is 30.9. The van der Waals surface area contributed by atoms with Crippen LogP contribution in [-0.2, 0) is 20.7 Å². The standard InChI is InChI=1S/C36H36N2O6/c1-42-33-15-9-8-14-32(33)38(35(40)27-18-19-27)22-23-44-28-20-16-25(17-21-28)24-31(36(41)43-2)37-30-13-7-6-12-29(30)34(39)26-10-4-3-5-11-26/h3-17,20-21,27,31,37H,18-19,22-24H2,1-2H3/t31-/m0/s1. The van der Waals surface area contributed by atoms with Gasteiger partial charge in [-0.3, -0.25) is 9.59 Å². The van der Waals surface area contributed by atoms with Crippen molar-refractivity contribution in [3.63, 3.8) is 0 Å². The first kappa shape index (κ1) is 30.4. The molecule has 4 aromatic rings. The summed E-state index contributed by atoms with van der Waals surface area (Å²) in [4.78, 5) is 40.8. The number of para-hydroxylation sites is 3. The van der Waals surface area contributed by atoms with E-state index < -0.39 is 12.0 Å². The number of rotatable bonds is 14. The highest BCUT2D eigenvalue weighted by Crippen LogP contribution is 2.35. The number of nitrogens with zero attached hydrogens (tertiary/aromatic N) is 1. The Hall–Kier alpha value is -5.11. The Morgan fingerprint density at radius 1 is 0.841 bits per heavy atom. The maximum atomic E-state index is 13.2. The molecular formula is C36H36N2O6. The Bertz CT molecular complexity index is 1580. The molecule has 8 nitrogen and oxygen atoms in total. The lowest BCUT2D eigenvalue weighted by Crippen LogP contribution is -2.36. The SMILES string of the molecule is COC(=O)[C@H](Cc1ccc(OCCN(C(=O)C2CC2)c2ccccc2OC)cc1)Nc1ccccc1C(=O)c1ccccc1. The lowest BCUT2D eigenvalue weighted by molar-refractivity contribution is -0.141. The number of carbonyl (C=O) groups excluding carboxylic acids is 3. The van der Waals surface area contributed by atoms with E-state index in [0.29, 0.717) is 47.9 Å². The van der Waals surface area contributed by atoms with Gasteiger partial charge in [0.05, 0.1) is 26.5 Å². The third kappa shape index (κ3) is 7.45. The zero-order valence-corrected chi connectivity index (χ0v) is 24.9. The average molecular weight is 593 g/mol. The van der Waals surface area contributed by atoms with Crippen molar-refractivity contribution in [1.29, 1.82) is 0 Å². The summed E-state index contributed by atoms with van der Waals surface area (Å²) < 4.78 is 16.6. The smallest absolute Gasteiger partial charge is 0.328 e. The quantitative estimate of drug-likeness (QED) is 0.143. The first-order valence-corrected chi connectivity index (χ1v) is 14.7. The molecule has 0 radical (unpaired) electrons. The number of anilines is 2. The Balaban J connectivity index is 1.23. The number of benzene rings is 4. The number of hydrogen-bond donors (Lipinski definition) is 1. The maximum Gasteiger partial charge on any atom is 0.328 e. The van der Waals surface area contributed by atoms with Crippen molar-refractivity contribution in [3.8, 4) is 11.5 Å². The molecule has 1 atom stereocenters. The monoisotopic (exact) mass is 592 g/mol. The first-order chi connectivity index (χ1) is 21.5. The molecule has 4 aromatic carbocycles. The van der Waals surface area contributed by atoms with Crippen LogP contribution in [0.1, 0.15) is 34.3 Å². The van der Waals surface area contributed by atoms with Gasteiger partial charge in [0.1, 0.15) is 24.1 Å². The summed E-state index contributed by atoms with van der Waals surface area (Å²) >= 11 is 0. The summed E-state index contributed by atoms with van der Waals surface area (Å²) in [6, 6.07) is 30.4. The van der Waals surface area contributed by atoms with Gasteiger partial charge in [0.15, 0.2) is 5.78 Å². The van der Waals surface area contributed by atoms with Crippen molar-refractivity contribution in [3.05, 3.63) is 120 Å². The molecule has 0 unspecified atom stereocenters. The van der Waals surface area contributed by atoms with E-state index in [1.807, 2.05) is 72.8 Å². The van der Waals surface area contributed by atoms with Crippen molar-refractivity contribution in [2.75, 3.05) is 37.6 Å². The molecule has 5 rings (SSSR count). The Morgan fingerprint density at radius 2 is 1.52 bits per heavy atom. The Kier molecular flexibility index (Phi) is 9.92. The minimum Gasteiger partial charge on any atom is -0.495 e. The second-order valence-electron chi connectivity index (χ2n) is 10.6. The van der Waals surface area contributed by atoms with Crippen LogP contribution in [0.5, 0.6) is 11.5 Å². The third-order valence-electron chi connectivity index (χ3n) is 7.54. The number of ketones is 1. The fourth-order valence-electron chi connectivity index (χ4n) is 5.04. The molecule has 0 aliphatic heterocycles. The van der Waals surface area contributed by atoms with Gasteiger partial charge in [-0.05, 0) is 54.8 Å². The van der Waals surface area contributed by atoms with Crippen LogP contribution in [0.3, 0.4) is 0 Å². The predicted octanol–water partition coefficient (Wildman–Crippen LogP) is 5.94. The average Bonchev–Trinajstić information content (AvgIpc) is 3.93. The summed E-state index contributed by atoms with van der Waals surface area (Å²) in [5, 5.41) is 3.23. The van der Waals surface area contributed by atoms with Gasteiger partial charge in [0.25, 0.3) is 0 Å². The summed E-state index contributed by atoms with van der Waals surface area (Å²) in [7, 11) is 2.94. The number of carbonyl (C=O) groups is 3. The van der Waals surface area contributed by atoms with Gasteiger partial charge in [-0.2, -0.15) is 0 Å². The first-order valence-electron chi connectivity index (χ1n) is 14.7. The van der Waals surface area contributed by atoms with Crippen LogP contribution in [0.15, 0.2) is 103 Å². The molecule has 0 bridgehead atoms. The van der Waals surface area contributed by atoms with E-state index >= 15 is 0 Å². The summed E-state index contributed by atoms with van der Waals surface area (Å²) in [5.74, 6) is 0.854. The van der Waals surface area contributed by atoms with Crippen LogP contribution in [0.2, 0.25) is 0 Å². The second-order valence-corrected chi connectivity index (χ2v) is 10.6. The molecule has 0 heterocycles. The molecule has 1 N–H and O–H groups in total.